The summed E-state index contributed by atoms with van der Waals surface area (Å²) in [6.45, 7) is 4.05. The predicted molar refractivity (Wildman–Crippen MR) is 55.9 cm³/mol. The minimum absolute atomic E-state index is 0. The molecule has 0 spiro atoms. The third kappa shape index (κ3) is 2.12. The van der Waals surface area contributed by atoms with Crippen molar-refractivity contribution in [3.63, 3.8) is 0 Å². The quantitative estimate of drug-likeness (QED) is 0.801. The van der Waals surface area contributed by atoms with Crippen LogP contribution in [0.2, 0.25) is 0 Å². The van der Waals surface area contributed by atoms with E-state index in [1.54, 1.807) is 0 Å². The second-order valence-corrected chi connectivity index (χ2v) is 4.83. The molecule has 1 aromatic heterocycles. The molecule has 2 N–H and O–H groups in total. The molecule has 84 valence electrons. The third-order valence-electron chi connectivity index (χ3n) is 2.78. The van der Waals surface area contributed by atoms with E-state index in [-0.39, 0.29) is 37.8 Å². The normalized spacial score (nSPS) is 17.5. The molecule has 1 aliphatic carbocycles. The Kier molecular flexibility index (Phi) is 3.43. The fourth-order valence-electron chi connectivity index (χ4n) is 2.17. The van der Waals surface area contributed by atoms with Crippen LogP contribution >= 0.6 is 0 Å². The maximum Gasteiger partial charge on any atom is 2.00 e. The fraction of sp³-hybridized carbons (Fsp3) is 0.455. The number of fused-ring (bicyclic) bond motifs is 1. The van der Waals surface area contributed by atoms with E-state index >= 15 is 0 Å². The summed E-state index contributed by atoms with van der Waals surface area (Å²) in [4.78, 5) is 25.7. The standard InChI is InChI=1S/C11H14N2O2.W/c1-11(2)3-7-9(8(14)4-11)6(5-13-7)10(12)15;/h5H,3-4H2,1-2H3,(H3,12,13,14,15);/q;+2/p-1. The van der Waals surface area contributed by atoms with Crippen LogP contribution in [0.1, 0.15) is 46.7 Å². The zero-order chi connectivity index (χ0) is 11.2. The van der Waals surface area contributed by atoms with E-state index in [1.807, 2.05) is 13.8 Å². The van der Waals surface area contributed by atoms with Gasteiger partial charge in [0.15, 0.2) is 5.78 Å². The molecule has 0 saturated heterocycles. The Morgan fingerprint density at radius 3 is 2.62 bits per heavy atom. The van der Waals surface area contributed by atoms with E-state index in [2.05, 4.69) is 4.98 Å². The van der Waals surface area contributed by atoms with Gasteiger partial charge in [-0.2, -0.15) is 0 Å². The Balaban J connectivity index is 0.00000128. The summed E-state index contributed by atoms with van der Waals surface area (Å²) in [7, 11) is 0. The maximum absolute atomic E-state index is 11.8. The number of hydrogen-bond donors (Lipinski definition) is 1. The summed E-state index contributed by atoms with van der Waals surface area (Å²) < 4.78 is 0. The van der Waals surface area contributed by atoms with Crippen LogP contribution in [0, 0.1) is 5.41 Å². The van der Waals surface area contributed by atoms with E-state index in [4.69, 9.17) is 5.73 Å². The summed E-state index contributed by atoms with van der Waals surface area (Å²) in [6.07, 6.45) is 2.67. The third-order valence-corrected chi connectivity index (χ3v) is 2.78. The van der Waals surface area contributed by atoms with Crippen LogP contribution in [0.4, 0.5) is 0 Å². The van der Waals surface area contributed by atoms with Gasteiger partial charge in [-0.05, 0) is 11.8 Å². The molecule has 0 radical (unpaired) electrons. The van der Waals surface area contributed by atoms with Crippen molar-refractivity contribution in [1.82, 2.24) is 4.98 Å². The molecule has 1 aliphatic rings. The molecule has 4 nitrogen and oxygen atoms in total. The minimum atomic E-state index is -0.791. The number of rotatable bonds is 1. The first-order chi connectivity index (χ1) is 6.91. The van der Waals surface area contributed by atoms with Crippen LogP contribution in [0.25, 0.3) is 5.73 Å². The van der Waals surface area contributed by atoms with E-state index in [0.29, 0.717) is 12.0 Å². The van der Waals surface area contributed by atoms with Crippen molar-refractivity contribution in [3.05, 3.63) is 28.8 Å². The summed E-state index contributed by atoms with van der Waals surface area (Å²) in [6, 6.07) is 0. The number of carbonyl (C=O) groups is 2. The van der Waals surface area contributed by atoms with Crippen LogP contribution in [-0.4, -0.2) is 16.7 Å². The number of amides is 1. The van der Waals surface area contributed by atoms with Crippen molar-refractivity contribution >= 4 is 11.7 Å². The summed E-state index contributed by atoms with van der Waals surface area (Å²) >= 11 is 0. The predicted octanol–water partition coefficient (Wildman–Crippen LogP) is 2.36. The van der Waals surface area contributed by atoms with Crippen molar-refractivity contribution in [3.8, 4) is 0 Å². The van der Waals surface area contributed by atoms with Crippen molar-refractivity contribution in [1.29, 1.82) is 0 Å². The molecule has 16 heavy (non-hydrogen) atoms. The van der Waals surface area contributed by atoms with Crippen LogP contribution in [0.5, 0.6) is 0 Å². The van der Waals surface area contributed by atoms with Crippen LogP contribution in [0.15, 0.2) is 6.20 Å². The van der Waals surface area contributed by atoms with E-state index < -0.39 is 5.91 Å². The number of carbonyl (C=O) groups excluding carboxylic acids is 2. The first kappa shape index (κ1) is 13.2. The molecule has 0 bridgehead atoms. The first-order valence-electron chi connectivity index (χ1n) is 4.90. The van der Waals surface area contributed by atoms with Gasteiger partial charge in [-0.3, -0.25) is 4.79 Å². The number of nitrogens with one attached hydrogen (secondary N) is 2. The van der Waals surface area contributed by atoms with Crippen molar-refractivity contribution in [2.75, 3.05) is 0 Å². The van der Waals surface area contributed by atoms with Crippen LogP contribution < -0.4 is 0 Å². The molecule has 1 aromatic rings. The number of H-pyrrole nitrogens is 1. The van der Waals surface area contributed by atoms with Gasteiger partial charge in [0.1, 0.15) is 0 Å². The Bertz CT molecular complexity index is 449. The van der Waals surface area contributed by atoms with E-state index in [0.717, 1.165) is 12.1 Å². The summed E-state index contributed by atoms with van der Waals surface area (Å²) in [5.41, 5.74) is 8.45. The van der Waals surface area contributed by atoms with Gasteiger partial charge in [-0.15, -0.1) is 0 Å². The second-order valence-electron chi connectivity index (χ2n) is 4.83. The van der Waals surface area contributed by atoms with Gasteiger partial charge in [-0.25, -0.2) is 0 Å². The molecule has 2 rings (SSSR count). The zero-order valence-corrected chi connectivity index (χ0v) is 12.1. The van der Waals surface area contributed by atoms with Gasteiger partial charge in [-0.1, -0.05) is 13.8 Å². The minimum Gasteiger partial charge on any atom is -0.663 e. The number of aromatic nitrogens is 1. The number of ketones is 1. The molecule has 0 unspecified atom stereocenters. The molecule has 0 aliphatic heterocycles. The average Bonchev–Trinajstić information content (AvgIpc) is 2.45. The molecule has 0 saturated carbocycles. The van der Waals surface area contributed by atoms with Crippen LogP contribution in [0.3, 0.4) is 0 Å². The Morgan fingerprint density at radius 1 is 1.44 bits per heavy atom. The maximum atomic E-state index is 11.8. The van der Waals surface area contributed by atoms with Crippen molar-refractivity contribution in [2.24, 2.45) is 5.41 Å². The van der Waals surface area contributed by atoms with Crippen molar-refractivity contribution in [2.45, 2.75) is 26.7 Å². The van der Waals surface area contributed by atoms with Gasteiger partial charge in [0, 0.05) is 29.4 Å². The molecule has 1 amide bonds. The van der Waals surface area contributed by atoms with Gasteiger partial charge < -0.3 is 15.5 Å². The molecular formula is C11H13N2O2W+. The topological polar surface area (TPSA) is 73.7 Å². The monoisotopic (exact) mass is 389 g/mol. The molecule has 1 heterocycles. The molecule has 5 heteroatoms. The Morgan fingerprint density at radius 2 is 2.06 bits per heavy atom. The average molecular weight is 389 g/mol. The molecule has 0 fully saturated rings. The number of Topliss-reactive ketones (excluding diaryl/α,β-unsaturated/α-hetero) is 1. The van der Waals surface area contributed by atoms with E-state index in [1.165, 1.54) is 6.20 Å². The molecule has 0 aromatic carbocycles. The second kappa shape index (κ2) is 4.17. The van der Waals surface area contributed by atoms with Gasteiger partial charge in [0.05, 0.1) is 5.91 Å². The number of hydrogen-bond acceptors (Lipinski definition) is 2. The van der Waals surface area contributed by atoms with Gasteiger partial charge in [0.25, 0.3) is 0 Å². The Labute approximate surface area is 108 Å². The van der Waals surface area contributed by atoms with Gasteiger partial charge in [0.2, 0.25) is 0 Å². The Hall–Kier alpha value is -0.892. The van der Waals surface area contributed by atoms with Gasteiger partial charge >= 0.3 is 21.1 Å². The summed E-state index contributed by atoms with van der Waals surface area (Å²) in [5, 5.41) is 0. The fourth-order valence-corrected chi connectivity index (χ4v) is 2.17. The molecular weight excluding hydrogens is 376 g/mol. The summed E-state index contributed by atoms with van der Waals surface area (Å²) in [5.74, 6) is -0.821. The smallest absolute Gasteiger partial charge is 0.663 e. The SMILES string of the molecule is CC1(C)CC(=O)c2c(C([NH-])=O)c[nH]c2C1.[W+2]. The van der Waals surface area contributed by atoms with Crippen molar-refractivity contribution < 1.29 is 30.7 Å². The van der Waals surface area contributed by atoms with E-state index in [9.17, 15) is 9.59 Å². The zero-order valence-electron chi connectivity index (χ0n) is 9.22. The first-order valence-corrected chi connectivity index (χ1v) is 4.90. The largest absolute Gasteiger partial charge is 2.00 e. The number of aromatic amines is 1. The van der Waals surface area contributed by atoms with Crippen LogP contribution in [-0.2, 0) is 27.5 Å². The molecule has 0 atom stereocenters.